The van der Waals surface area contributed by atoms with Gasteiger partial charge in [0.25, 0.3) is 11.1 Å². The number of fused-ring (bicyclic) bond motifs is 2. The van der Waals surface area contributed by atoms with E-state index in [2.05, 4.69) is 20.2 Å². The molecule has 1 N–H and O–H groups in total. The zero-order valence-electron chi connectivity index (χ0n) is 30.3. The van der Waals surface area contributed by atoms with Gasteiger partial charge < -0.3 is 16.0 Å². The summed E-state index contributed by atoms with van der Waals surface area (Å²) in [6.07, 6.45) is 9.88. The first-order chi connectivity index (χ1) is 23.9. The molecule has 7 rings (SSSR count). The van der Waals surface area contributed by atoms with E-state index < -0.39 is 11.8 Å². The quantitative estimate of drug-likeness (QED) is 0.232. The van der Waals surface area contributed by atoms with Gasteiger partial charge in [-0.05, 0) is 75.8 Å². The van der Waals surface area contributed by atoms with Crippen molar-refractivity contribution in [2.45, 2.75) is 103 Å². The van der Waals surface area contributed by atoms with Gasteiger partial charge in [0, 0.05) is 58.6 Å². The predicted molar refractivity (Wildman–Crippen MR) is 178 cm³/mol. The SMILES string of the molecule is C1CCOC1.CCn1c(Cl)nn2cncc2c1=O.CCn1c(OCC2CCC(F)(F)CC2)nn2cncc2c1=O.OCC1CCC(F)(F)CC1.[H-].[Na+]. The van der Waals surface area contributed by atoms with Crippen LogP contribution in [0.15, 0.2) is 34.6 Å². The minimum absolute atomic E-state index is 0. The number of aliphatic hydroxyl groups is 1. The Labute approximate surface area is 321 Å². The monoisotopic (exact) mass is 756 g/mol. The summed E-state index contributed by atoms with van der Waals surface area (Å²) in [5, 5.41) is 17.0. The number of alkyl halides is 4. The van der Waals surface area contributed by atoms with Crippen molar-refractivity contribution in [3.8, 4) is 6.01 Å². The molecule has 51 heavy (non-hydrogen) atoms. The third-order valence-electron chi connectivity index (χ3n) is 8.84. The molecule has 1 saturated heterocycles. The molecule has 4 aromatic rings. The molecule has 3 fully saturated rings. The average molecular weight is 757 g/mol. The molecule has 0 aromatic carbocycles. The summed E-state index contributed by atoms with van der Waals surface area (Å²) in [6, 6.07) is 0.204. The standard InChI is InChI=1S/C14H18F2N4O2.C7H7ClN4O.C7H12F2O.C4H8O.Na.H/c1-2-19-12(21)11-7-17-9-20(11)18-13(19)22-8-10-3-5-14(15,16)6-4-10;1-2-11-6(13)5-3-9-4-12(5)10-7(11)8;8-7(9)3-1-6(5-10)2-4-7;1-2-4-5-3-1;;/h7,9-10H,2-6,8H2,1H3;3-4H,2H2,1H3;6,10H,1-5H2;1-4H2;;/q;;;;+1;-1. The summed E-state index contributed by atoms with van der Waals surface area (Å²) in [5.41, 5.74) is 0.429. The second kappa shape index (κ2) is 20.0. The fraction of sp³-hybridized carbons (Fsp3) is 0.688. The van der Waals surface area contributed by atoms with Crippen LogP contribution in [0.1, 0.15) is 79.5 Å². The molecule has 19 heteroatoms. The Hall–Kier alpha value is -2.57. The number of nitrogens with zero attached hydrogens (tertiary/aromatic N) is 8. The Balaban J connectivity index is 0.000000266. The van der Waals surface area contributed by atoms with Gasteiger partial charge in [-0.3, -0.25) is 18.7 Å². The molecule has 2 aliphatic carbocycles. The van der Waals surface area contributed by atoms with Crippen molar-refractivity contribution >= 4 is 22.6 Å². The largest absolute Gasteiger partial charge is 1.00 e. The van der Waals surface area contributed by atoms with E-state index in [0.29, 0.717) is 56.4 Å². The van der Waals surface area contributed by atoms with E-state index in [1.165, 1.54) is 56.1 Å². The molecule has 13 nitrogen and oxygen atoms in total. The van der Waals surface area contributed by atoms with Gasteiger partial charge in [0.05, 0.1) is 19.0 Å². The van der Waals surface area contributed by atoms with Crippen LogP contribution in [0.25, 0.3) is 11.0 Å². The minimum atomic E-state index is -2.55. The Bertz CT molecular complexity index is 1760. The van der Waals surface area contributed by atoms with Crippen molar-refractivity contribution in [1.29, 1.82) is 0 Å². The van der Waals surface area contributed by atoms with Crippen LogP contribution in [-0.4, -0.2) is 81.7 Å². The van der Waals surface area contributed by atoms with Gasteiger partial charge >= 0.3 is 35.6 Å². The first kappa shape index (κ1) is 42.8. The minimum Gasteiger partial charge on any atom is -1.00 e. The van der Waals surface area contributed by atoms with E-state index in [0.717, 1.165) is 13.2 Å². The van der Waals surface area contributed by atoms with Crippen molar-refractivity contribution in [1.82, 2.24) is 38.3 Å². The van der Waals surface area contributed by atoms with E-state index in [4.69, 9.17) is 26.2 Å². The first-order valence-corrected chi connectivity index (χ1v) is 17.3. The maximum atomic E-state index is 13.1. The van der Waals surface area contributed by atoms with Crippen LogP contribution in [0.2, 0.25) is 5.28 Å². The molecule has 0 radical (unpaired) electrons. The fourth-order valence-electron chi connectivity index (χ4n) is 5.69. The Morgan fingerprint density at radius 3 is 1.76 bits per heavy atom. The molecule has 2 saturated carbocycles. The Morgan fingerprint density at radius 2 is 1.31 bits per heavy atom. The van der Waals surface area contributed by atoms with Crippen LogP contribution in [0.4, 0.5) is 17.6 Å². The van der Waals surface area contributed by atoms with Gasteiger partial charge in [-0.1, -0.05) is 0 Å². The van der Waals surface area contributed by atoms with Gasteiger partial charge in [-0.2, -0.15) is 0 Å². The van der Waals surface area contributed by atoms with Crippen LogP contribution in [-0.2, 0) is 17.8 Å². The van der Waals surface area contributed by atoms with Crippen LogP contribution < -0.4 is 45.4 Å². The van der Waals surface area contributed by atoms with Crippen molar-refractivity contribution in [3.63, 3.8) is 0 Å². The van der Waals surface area contributed by atoms with Gasteiger partial charge in [-0.15, -0.1) is 10.2 Å². The summed E-state index contributed by atoms with van der Waals surface area (Å²) in [7, 11) is 0. The van der Waals surface area contributed by atoms with E-state index in [1.807, 2.05) is 13.8 Å². The summed E-state index contributed by atoms with van der Waals surface area (Å²) in [4.78, 5) is 31.6. The second-order valence-electron chi connectivity index (χ2n) is 12.5. The Kier molecular flexibility index (Phi) is 16.8. The Morgan fingerprint density at radius 1 is 0.843 bits per heavy atom. The number of ether oxygens (including phenoxy) is 2. The first-order valence-electron chi connectivity index (χ1n) is 17.0. The molecular weight excluding hydrogens is 711 g/mol. The third kappa shape index (κ3) is 12.2. The van der Waals surface area contributed by atoms with Crippen molar-refractivity contribution < 1.29 is 63.1 Å². The summed E-state index contributed by atoms with van der Waals surface area (Å²) in [6.45, 7) is 6.95. The molecule has 0 unspecified atom stereocenters. The third-order valence-corrected chi connectivity index (χ3v) is 9.12. The molecule has 4 aromatic heterocycles. The molecule has 0 amide bonds. The van der Waals surface area contributed by atoms with Gasteiger partial charge in [0.2, 0.25) is 17.1 Å². The van der Waals surface area contributed by atoms with Crippen LogP contribution in [0.5, 0.6) is 6.01 Å². The molecule has 0 spiro atoms. The molecular formula is C32H46ClF4N8NaO5. The van der Waals surface area contributed by atoms with Gasteiger partial charge in [0.1, 0.15) is 12.7 Å². The predicted octanol–water partition coefficient (Wildman–Crippen LogP) is 2.40. The van der Waals surface area contributed by atoms with Crippen LogP contribution in [0, 0.1) is 11.8 Å². The number of aliphatic hydroxyl groups excluding tert-OH is 1. The van der Waals surface area contributed by atoms with Gasteiger partial charge in [0.15, 0.2) is 11.0 Å². The average Bonchev–Trinajstić information content (AvgIpc) is 3.90. The van der Waals surface area contributed by atoms with Crippen molar-refractivity contribution in [3.05, 3.63) is 51.0 Å². The fourth-order valence-corrected chi connectivity index (χ4v) is 5.97. The van der Waals surface area contributed by atoms with E-state index in [1.54, 1.807) is 0 Å². The number of aromatic nitrogens is 8. The second-order valence-corrected chi connectivity index (χ2v) is 12.8. The smallest absolute Gasteiger partial charge is 1.00 e. The normalized spacial score (nSPS) is 18.4. The zero-order chi connectivity index (χ0) is 36.3. The van der Waals surface area contributed by atoms with Crippen molar-refractivity contribution in [2.75, 3.05) is 26.4 Å². The molecule has 1 aliphatic heterocycles. The van der Waals surface area contributed by atoms with Crippen LogP contribution >= 0.6 is 11.6 Å². The zero-order valence-corrected chi connectivity index (χ0v) is 32.1. The van der Waals surface area contributed by atoms with Crippen LogP contribution in [0.3, 0.4) is 0 Å². The summed E-state index contributed by atoms with van der Waals surface area (Å²) in [5.74, 6) is -4.80. The maximum absolute atomic E-state index is 13.1. The number of halogens is 5. The maximum Gasteiger partial charge on any atom is 1.00 e. The number of hydrogen-bond donors (Lipinski definition) is 1. The molecule has 280 valence electrons. The van der Waals surface area contributed by atoms with Crippen molar-refractivity contribution in [2.24, 2.45) is 11.8 Å². The molecule has 5 heterocycles. The van der Waals surface area contributed by atoms with E-state index >= 15 is 0 Å². The topological polar surface area (TPSA) is 143 Å². The number of rotatable bonds is 6. The summed E-state index contributed by atoms with van der Waals surface area (Å²) >= 11 is 5.77. The number of imidazole rings is 2. The van der Waals surface area contributed by atoms with E-state index in [9.17, 15) is 27.2 Å². The molecule has 0 bridgehead atoms. The molecule has 0 atom stereocenters. The van der Waals surface area contributed by atoms with E-state index in [-0.39, 0.29) is 97.5 Å². The summed E-state index contributed by atoms with van der Waals surface area (Å²) < 4.78 is 67.3. The number of hydrogen-bond acceptors (Lipinski definition) is 9. The van der Waals surface area contributed by atoms with Gasteiger partial charge in [-0.25, -0.2) is 36.6 Å². The molecule has 3 aliphatic rings.